The third kappa shape index (κ3) is 3.71. The van der Waals surface area contributed by atoms with Gasteiger partial charge in [-0.2, -0.15) is 0 Å². The minimum atomic E-state index is -0.0574. The molecule has 0 radical (unpaired) electrons. The maximum absolute atomic E-state index is 11.9. The van der Waals surface area contributed by atoms with Gasteiger partial charge in [0.05, 0.1) is 12.1 Å². The first kappa shape index (κ1) is 14.4. The van der Waals surface area contributed by atoms with Gasteiger partial charge in [0.1, 0.15) is 0 Å². The van der Waals surface area contributed by atoms with E-state index in [1.54, 1.807) is 0 Å². The highest BCUT2D eigenvalue weighted by Crippen LogP contribution is 2.22. The van der Waals surface area contributed by atoms with Crippen molar-refractivity contribution in [2.24, 2.45) is 0 Å². The Labute approximate surface area is 124 Å². The lowest BCUT2D eigenvalue weighted by Crippen LogP contribution is -2.14. The molecule has 0 atom stereocenters. The summed E-state index contributed by atoms with van der Waals surface area (Å²) in [5.41, 5.74) is 1.97. The number of thiazole rings is 2. The maximum atomic E-state index is 11.9. The molecule has 2 aromatic heterocycles. The highest BCUT2D eigenvalue weighted by atomic mass is 32.1. The van der Waals surface area contributed by atoms with Crippen LogP contribution in [0.5, 0.6) is 0 Å². The average Bonchev–Trinajstić information content (AvgIpc) is 2.87. The van der Waals surface area contributed by atoms with Crippen LogP contribution in [-0.4, -0.2) is 15.9 Å². The quantitative estimate of drug-likeness (QED) is 0.842. The van der Waals surface area contributed by atoms with E-state index in [1.165, 1.54) is 22.7 Å². The molecule has 0 aromatic carbocycles. The molecule has 0 saturated heterocycles. The van der Waals surface area contributed by atoms with Gasteiger partial charge in [0, 0.05) is 16.0 Å². The molecule has 102 valence electrons. The van der Waals surface area contributed by atoms with Gasteiger partial charge in [-0.3, -0.25) is 4.79 Å². The molecular formula is C12H15N3OS3. The summed E-state index contributed by atoms with van der Waals surface area (Å²) in [6.45, 7) is 6.09. The van der Waals surface area contributed by atoms with Crippen LogP contribution in [0.2, 0.25) is 0 Å². The minimum Gasteiger partial charge on any atom is -0.341 e. The van der Waals surface area contributed by atoms with Crippen LogP contribution in [0.25, 0.3) is 0 Å². The number of nitrogens with zero attached hydrogens (tertiary/aromatic N) is 1. The summed E-state index contributed by atoms with van der Waals surface area (Å²) in [5, 5.41) is 5.47. The highest BCUT2D eigenvalue weighted by molar-refractivity contribution is 7.73. The van der Waals surface area contributed by atoms with Crippen molar-refractivity contribution in [3.63, 3.8) is 0 Å². The van der Waals surface area contributed by atoms with Gasteiger partial charge in [-0.1, -0.05) is 13.8 Å². The Morgan fingerprint density at radius 1 is 1.58 bits per heavy atom. The second-order valence-corrected chi connectivity index (χ2v) is 7.15. The van der Waals surface area contributed by atoms with Crippen molar-refractivity contribution >= 4 is 45.9 Å². The van der Waals surface area contributed by atoms with Gasteiger partial charge in [0.15, 0.2) is 9.09 Å². The van der Waals surface area contributed by atoms with E-state index in [2.05, 4.69) is 29.1 Å². The number of aryl methyl sites for hydroxylation is 1. The Bertz CT molecular complexity index is 639. The van der Waals surface area contributed by atoms with Gasteiger partial charge in [0.2, 0.25) is 5.91 Å². The van der Waals surface area contributed by atoms with Crippen molar-refractivity contribution in [1.82, 2.24) is 9.97 Å². The molecule has 0 spiro atoms. The van der Waals surface area contributed by atoms with Gasteiger partial charge in [-0.25, -0.2) is 4.98 Å². The van der Waals surface area contributed by atoms with Gasteiger partial charge in [-0.05, 0) is 25.1 Å². The Balaban J connectivity index is 2.01. The number of hydrogen-bond acceptors (Lipinski definition) is 5. The maximum Gasteiger partial charge on any atom is 0.231 e. The predicted molar refractivity (Wildman–Crippen MR) is 82.8 cm³/mol. The third-order valence-corrected chi connectivity index (χ3v) is 4.72. The van der Waals surface area contributed by atoms with Gasteiger partial charge in [0.25, 0.3) is 0 Å². The molecule has 1 amide bonds. The zero-order valence-corrected chi connectivity index (χ0v) is 13.4. The van der Waals surface area contributed by atoms with Crippen molar-refractivity contribution in [1.29, 1.82) is 0 Å². The number of aromatic nitrogens is 2. The monoisotopic (exact) mass is 313 g/mol. The SMILES string of the molecule is Cc1[nH]c(=S)sc1CC(=O)Nc1nc(C(C)C)cs1. The number of hydrogen-bond donors (Lipinski definition) is 2. The molecule has 2 N–H and O–H groups in total. The smallest absolute Gasteiger partial charge is 0.231 e. The number of anilines is 1. The van der Waals surface area contributed by atoms with E-state index in [1.807, 2.05) is 12.3 Å². The summed E-state index contributed by atoms with van der Waals surface area (Å²) in [4.78, 5) is 20.3. The summed E-state index contributed by atoms with van der Waals surface area (Å²) in [6.07, 6.45) is 0.334. The number of amides is 1. The fraction of sp³-hybridized carbons (Fsp3) is 0.417. The van der Waals surface area contributed by atoms with Gasteiger partial charge >= 0.3 is 0 Å². The lowest BCUT2D eigenvalue weighted by molar-refractivity contribution is -0.115. The number of carbonyl (C=O) groups excluding carboxylic acids is 1. The minimum absolute atomic E-state index is 0.0574. The van der Waals surface area contributed by atoms with Crippen LogP contribution >= 0.6 is 34.9 Å². The Hall–Kier alpha value is -1.05. The summed E-state index contributed by atoms with van der Waals surface area (Å²) < 4.78 is 0.705. The summed E-state index contributed by atoms with van der Waals surface area (Å²) in [5.74, 6) is 0.317. The first-order chi connectivity index (χ1) is 8.95. The normalized spacial score (nSPS) is 10.9. The number of H-pyrrole nitrogens is 1. The standard InChI is InChI=1S/C12H15N3OS3/c1-6(2)8-5-18-11(14-8)15-10(16)4-9-7(3)13-12(17)19-9/h5-6H,4H2,1-3H3,(H,13,17)(H,14,15,16). The molecule has 2 aromatic rings. The summed E-state index contributed by atoms with van der Waals surface area (Å²) in [7, 11) is 0. The second-order valence-electron chi connectivity index (χ2n) is 4.52. The van der Waals surface area contributed by atoms with Crippen LogP contribution in [-0.2, 0) is 11.2 Å². The van der Waals surface area contributed by atoms with Crippen molar-refractivity contribution < 1.29 is 4.79 Å². The Morgan fingerprint density at radius 2 is 2.32 bits per heavy atom. The number of nitrogens with one attached hydrogen (secondary N) is 2. The molecule has 0 aliphatic heterocycles. The van der Waals surface area contributed by atoms with E-state index in [-0.39, 0.29) is 5.91 Å². The van der Waals surface area contributed by atoms with Crippen LogP contribution < -0.4 is 5.32 Å². The van der Waals surface area contributed by atoms with Crippen molar-refractivity contribution in [2.75, 3.05) is 5.32 Å². The zero-order chi connectivity index (χ0) is 14.0. The zero-order valence-electron chi connectivity index (χ0n) is 10.9. The van der Waals surface area contributed by atoms with E-state index in [0.717, 1.165) is 16.3 Å². The van der Waals surface area contributed by atoms with E-state index >= 15 is 0 Å². The third-order valence-electron chi connectivity index (χ3n) is 2.60. The van der Waals surface area contributed by atoms with E-state index in [0.29, 0.717) is 21.4 Å². The Kier molecular flexibility index (Phi) is 4.49. The molecule has 2 heterocycles. The summed E-state index contributed by atoms with van der Waals surface area (Å²) in [6, 6.07) is 0. The molecule has 0 saturated carbocycles. The van der Waals surface area contributed by atoms with Crippen LogP contribution in [0.15, 0.2) is 5.38 Å². The largest absolute Gasteiger partial charge is 0.341 e. The fourth-order valence-electron chi connectivity index (χ4n) is 1.52. The molecule has 0 aliphatic rings. The molecular weight excluding hydrogens is 298 g/mol. The van der Waals surface area contributed by atoms with Crippen molar-refractivity contribution in [3.05, 3.63) is 25.6 Å². The molecule has 2 rings (SSSR count). The highest BCUT2D eigenvalue weighted by Gasteiger charge is 2.11. The Morgan fingerprint density at radius 3 is 2.84 bits per heavy atom. The first-order valence-corrected chi connectivity index (χ1v) is 8.00. The molecule has 19 heavy (non-hydrogen) atoms. The molecule has 0 fully saturated rings. The molecule has 0 bridgehead atoms. The first-order valence-electron chi connectivity index (χ1n) is 5.89. The van der Waals surface area contributed by atoms with Crippen LogP contribution in [0.1, 0.15) is 36.0 Å². The van der Waals surface area contributed by atoms with E-state index in [4.69, 9.17) is 12.2 Å². The molecule has 7 heteroatoms. The number of aromatic amines is 1. The summed E-state index contributed by atoms with van der Waals surface area (Å²) >= 11 is 7.96. The predicted octanol–water partition coefficient (Wildman–Crippen LogP) is 3.88. The average molecular weight is 313 g/mol. The van der Waals surface area contributed by atoms with Gasteiger partial charge in [-0.15, -0.1) is 22.7 Å². The molecule has 0 aliphatic carbocycles. The van der Waals surface area contributed by atoms with Crippen LogP contribution in [0.4, 0.5) is 5.13 Å². The number of rotatable bonds is 4. The van der Waals surface area contributed by atoms with Crippen molar-refractivity contribution in [3.8, 4) is 0 Å². The van der Waals surface area contributed by atoms with Crippen LogP contribution in [0, 0.1) is 10.9 Å². The second kappa shape index (κ2) is 5.94. The van der Waals surface area contributed by atoms with E-state index in [9.17, 15) is 4.79 Å². The molecule has 0 unspecified atom stereocenters. The fourth-order valence-corrected chi connectivity index (χ4v) is 3.70. The van der Waals surface area contributed by atoms with E-state index < -0.39 is 0 Å². The van der Waals surface area contributed by atoms with Crippen molar-refractivity contribution in [2.45, 2.75) is 33.1 Å². The lowest BCUT2D eigenvalue weighted by Gasteiger charge is -2.01. The molecule has 4 nitrogen and oxygen atoms in total. The number of carbonyl (C=O) groups is 1. The lowest BCUT2D eigenvalue weighted by atomic mass is 10.2. The van der Waals surface area contributed by atoms with Crippen LogP contribution in [0.3, 0.4) is 0 Å². The topological polar surface area (TPSA) is 57.8 Å². The van der Waals surface area contributed by atoms with Gasteiger partial charge < -0.3 is 10.3 Å².